The van der Waals surface area contributed by atoms with Crippen LogP contribution in [0.2, 0.25) is 0 Å². The van der Waals surface area contributed by atoms with Crippen LogP contribution < -0.4 is 15.0 Å². The van der Waals surface area contributed by atoms with Crippen LogP contribution in [0.3, 0.4) is 0 Å². The van der Waals surface area contributed by atoms with Gasteiger partial charge in [0.1, 0.15) is 5.75 Å². The van der Waals surface area contributed by atoms with Crippen LogP contribution in [-0.2, 0) is 4.79 Å². The molecule has 5 heteroatoms. The fourth-order valence-electron chi connectivity index (χ4n) is 3.69. The van der Waals surface area contributed by atoms with Gasteiger partial charge in [-0.15, -0.1) is 0 Å². The van der Waals surface area contributed by atoms with Gasteiger partial charge in [-0.05, 0) is 36.1 Å². The number of piperazine rings is 1. The smallest absolute Gasteiger partial charge is 0.238 e. The summed E-state index contributed by atoms with van der Waals surface area (Å²) in [6.45, 7) is 8.28. The summed E-state index contributed by atoms with van der Waals surface area (Å²) in [7, 11) is 1.71. The SMILES string of the molecule is CC[C@H](C)c1ccccc1NC(=O)CN1CCN(c2ccccc2OC)CC1. The van der Waals surface area contributed by atoms with E-state index in [0.717, 1.165) is 49.7 Å². The zero-order valence-corrected chi connectivity index (χ0v) is 17.1. The maximum Gasteiger partial charge on any atom is 0.238 e. The van der Waals surface area contributed by atoms with Crippen molar-refractivity contribution < 1.29 is 9.53 Å². The van der Waals surface area contributed by atoms with Crippen LogP contribution in [0.1, 0.15) is 31.7 Å². The Labute approximate surface area is 168 Å². The summed E-state index contributed by atoms with van der Waals surface area (Å²) >= 11 is 0. The van der Waals surface area contributed by atoms with Crippen LogP contribution in [0.15, 0.2) is 48.5 Å². The first kappa shape index (κ1) is 20.2. The average Bonchev–Trinajstić information content (AvgIpc) is 2.74. The number of carbonyl (C=O) groups is 1. The third-order valence-electron chi connectivity index (χ3n) is 5.54. The lowest BCUT2D eigenvalue weighted by Crippen LogP contribution is -2.48. The Morgan fingerprint density at radius 1 is 1.07 bits per heavy atom. The Morgan fingerprint density at radius 2 is 1.75 bits per heavy atom. The maximum absolute atomic E-state index is 12.6. The fraction of sp³-hybridized carbons (Fsp3) is 0.435. The monoisotopic (exact) mass is 381 g/mol. The molecule has 1 aliphatic rings. The predicted molar refractivity (Wildman–Crippen MR) is 115 cm³/mol. The normalized spacial score (nSPS) is 15.9. The largest absolute Gasteiger partial charge is 0.495 e. The summed E-state index contributed by atoms with van der Waals surface area (Å²) in [5.74, 6) is 1.39. The summed E-state index contributed by atoms with van der Waals surface area (Å²) in [5, 5.41) is 3.12. The second-order valence-electron chi connectivity index (χ2n) is 7.38. The van der Waals surface area contributed by atoms with Crippen molar-refractivity contribution in [3.8, 4) is 5.75 Å². The van der Waals surface area contributed by atoms with Gasteiger partial charge in [-0.25, -0.2) is 0 Å². The van der Waals surface area contributed by atoms with Gasteiger partial charge in [0.15, 0.2) is 0 Å². The average molecular weight is 382 g/mol. The van der Waals surface area contributed by atoms with Gasteiger partial charge in [0.25, 0.3) is 0 Å². The van der Waals surface area contributed by atoms with Crippen LogP contribution in [0.25, 0.3) is 0 Å². The second-order valence-corrected chi connectivity index (χ2v) is 7.38. The lowest BCUT2D eigenvalue weighted by Gasteiger charge is -2.36. The van der Waals surface area contributed by atoms with Gasteiger partial charge in [-0.2, -0.15) is 0 Å². The maximum atomic E-state index is 12.6. The molecular formula is C23H31N3O2. The van der Waals surface area contributed by atoms with E-state index in [1.807, 2.05) is 36.4 Å². The number of hydrogen-bond donors (Lipinski definition) is 1. The van der Waals surface area contributed by atoms with E-state index >= 15 is 0 Å². The number of benzene rings is 2. The number of methoxy groups -OCH3 is 1. The summed E-state index contributed by atoms with van der Waals surface area (Å²) < 4.78 is 5.48. The zero-order chi connectivity index (χ0) is 19.9. The van der Waals surface area contributed by atoms with E-state index in [9.17, 15) is 4.79 Å². The van der Waals surface area contributed by atoms with Crippen molar-refractivity contribution in [1.29, 1.82) is 0 Å². The van der Waals surface area contributed by atoms with E-state index in [0.29, 0.717) is 12.5 Å². The van der Waals surface area contributed by atoms with E-state index < -0.39 is 0 Å². The molecule has 3 rings (SSSR count). The molecule has 0 aromatic heterocycles. The van der Waals surface area contributed by atoms with E-state index in [2.05, 4.69) is 41.1 Å². The number of carbonyl (C=O) groups excluding carboxylic acids is 1. The molecule has 2 aromatic carbocycles. The van der Waals surface area contributed by atoms with E-state index in [4.69, 9.17) is 4.74 Å². The molecule has 1 atom stereocenters. The number of anilines is 2. The lowest BCUT2D eigenvalue weighted by atomic mass is 9.97. The number of ether oxygens (including phenoxy) is 1. The molecule has 150 valence electrons. The molecule has 1 N–H and O–H groups in total. The Bertz CT molecular complexity index is 785. The Hall–Kier alpha value is -2.53. The number of amides is 1. The topological polar surface area (TPSA) is 44.8 Å². The van der Waals surface area contributed by atoms with Gasteiger partial charge in [-0.3, -0.25) is 9.69 Å². The first-order valence-electron chi connectivity index (χ1n) is 10.1. The number of rotatable bonds is 7. The molecule has 1 amide bonds. The molecule has 0 bridgehead atoms. The molecule has 1 fully saturated rings. The van der Waals surface area contributed by atoms with Crippen LogP contribution in [0.4, 0.5) is 11.4 Å². The highest BCUT2D eigenvalue weighted by Crippen LogP contribution is 2.29. The molecule has 0 aliphatic carbocycles. The molecule has 0 unspecified atom stereocenters. The minimum atomic E-state index is 0.0569. The molecule has 0 spiro atoms. The Balaban J connectivity index is 1.55. The van der Waals surface area contributed by atoms with Gasteiger partial charge in [-0.1, -0.05) is 44.2 Å². The Kier molecular flexibility index (Phi) is 6.93. The summed E-state index contributed by atoms with van der Waals surface area (Å²) in [6.07, 6.45) is 1.05. The predicted octanol–water partition coefficient (Wildman–Crippen LogP) is 3.97. The number of nitrogens with zero attached hydrogens (tertiary/aromatic N) is 2. The van der Waals surface area contributed by atoms with Crippen molar-refractivity contribution in [1.82, 2.24) is 4.90 Å². The van der Waals surface area contributed by atoms with Gasteiger partial charge >= 0.3 is 0 Å². The molecule has 1 aliphatic heterocycles. The van der Waals surface area contributed by atoms with Crippen LogP contribution in [0.5, 0.6) is 5.75 Å². The van der Waals surface area contributed by atoms with Gasteiger partial charge in [0.05, 0.1) is 19.3 Å². The van der Waals surface area contributed by atoms with Gasteiger partial charge in [0, 0.05) is 31.9 Å². The highest BCUT2D eigenvalue weighted by Gasteiger charge is 2.21. The molecule has 0 saturated carbocycles. The number of nitrogens with one attached hydrogen (secondary N) is 1. The molecule has 0 radical (unpaired) electrons. The number of hydrogen-bond acceptors (Lipinski definition) is 4. The second kappa shape index (κ2) is 9.60. The third-order valence-corrected chi connectivity index (χ3v) is 5.54. The first-order valence-corrected chi connectivity index (χ1v) is 10.1. The molecule has 2 aromatic rings. The molecule has 28 heavy (non-hydrogen) atoms. The van der Waals surface area contributed by atoms with Crippen molar-refractivity contribution in [2.45, 2.75) is 26.2 Å². The van der Waals surface area contributed by atoms with Crippen molar-refractivity contribution in [2.75, 3.05) is 50.1 Å². The summed E-state index contributed by atoms with van der Waals surface area (Å²) in [4.78, 5) is 17.1. The lowest BCUT2D eigenvalue weighted by molar-refractivity contribution is -0.117. The zero-order valence-electron chi connectivity index (χ0n) is 17.1. The summed E-state index contributed by atoms with van der Waals surface area (Å²) in [6, 6.07) is 16.2. The standard InChI is InChI=1S/C23H31N3O2/c1-4-18(2)19-9-5-6-10-20(19)24-23(27)17-25-13-15-26(16-14-25)21-11-7-8-12-22(21)28-3/h5-12,18H,4,13-17H2,1-3H3,(H,24,27)/t18-/m0/s1. The van der Waals surface area contributed by atoms with E-state index in [1.165, 1.54) is 5.56 Å². The quantitative estimate of drug-likeness (QED) is 0.788. The van der Waals surface area contributed by atoms with Crippen LogP contribution >= 0.6 is 0 Å². The van der Waals surface area contributed by atoms with E-state index in [1.54, 1.807) is 7.11 Å². The minimum Gasteiger partial charge on any atom is -0.495 e. The molecule has 5 nitrogen and oxygen atoms in total. The van der Waals surface area contributed by atoms with Crippen LogP contribution in [-0.4, -0.2) is 50.6 Å². The van der Waals surface area contributed by atoms with Crippen molar-refractivity contribution >= 4 is 17.3 Å². The van der Waals surface area contributed by atoms with Gasteiger partial charge in [0.2, 0.25) is 5.91 Å². The number of para-hydroxylation sites is 3. The molecule has 1 heterocycles. The van der Waals surface area contributed by atoms with Crippen LogP contribution in [0, 0.1) is 0 Å². The first-order chi connectivity index (χ1) is 13.6. The Morgan fingerprint density at radius 3 is 2.46 bits per heavy atom. The fourth-order valence-corrected chi connectivity index (χ4v) is 3.69. The highest BCUT2D eigenvalue weighted by molar-refractivity contribution is 5.93. The molecular weight excluding hydrogens is 350 g/mol. The highest BCUT2D eigenvalue weighted by atomic mass is 16.5. The summed E-state index contributed by atoms with van der Waals surface area (Å²) in [5.41, 5.74) is 3.27. The third kappa shape index (κ3) is 4.84. The van der Waals surface area contributed by atoms with Crippen molar-refractivity contribution in [3.05, 3.63) is 54.1 Å². The van der Waals surface area contributed by atoms with Gasteiger partial charge < -0.3 is 15.0 Å². The molecule has 1 saturated heterocycles. The minimum absolute atomic E-state index is 0.0569. The van der Waals surface area contributed by atoms with Crippen molar-refractivity contribution in [3.63, 3.8) is 0 Å². The van der Waals surface area contributed by atoms with E-state index in [-0.39, 0.29) is 5.91 Å². The van der Waals surface area contributed by atoms with Crippen molar-refractivity contribution in [2.24, 2.45) is 0 Å².